The van der Waals surface area contributed by atoms with Gasteiger partial charge in [-0.25, -0.2) is 9.48 Å². The molecule has 2 heterocycles. The number of carboxylic acids is 1. The van der Waals surface area contributed by atoms with Gasteiger partial charge in [0.1, 0.15) is 29.8 Å². The Kier molecular flexibility index (Phi) is 6.29. The molecule has 10 heteroatoms. The lowest BCUT2D eigenvalue weighted by Gasteiger charge is -2.17. The lowest BCUT2D eigenvalue weighted by Crippen LogP contribution is -2.28. The number of hydrogen-bond acceptors (Lipinski definition) is 7. The van der Waals surface area contributed by atoms with Crippen molar-refractivity contribution in [3.05, 3.63) is 24.0 Å². The number of fused-ring (bicyclic) bond motifs is 1. The fraction of sp³-hybridized carbons (Fsp3) is 0.591. The molecule has 172 valence electrons. The second kappa shape index (κ2) is 9.13. The van der Waals surface area contributed by atoms with Crippen LogP contribution in [0.4, 0.5) is 4.79 Å². The van der Waals surface area contributed by atoms with Crippen LogP contribution in [0, 0.1) is 17.8 Å². The zero-order valence-corrected chi connectivity index (χ0v) is 18.6. The second-order valence-corrected chi connectivity index (χ2v) is 8.60. The van der Waals surface area contributed by atoms with Crippen molar-refractivity contribution in [1.29, 1.82) is 0 Å². The Morgan fingerprint density at radius 1 is 1.31 bits per heavy atom. The van der Waals surface area contributed by atoms with Crippen LogP contribution in [0.3, 0.4) is 0 Å². The molecule has 0 radical (unpaired) electrons. The zero-order valence-electron chi connectivity index (χ0n) is 18.6. The number of aryl methyl sites for hydroxylation is 1. The molecular formula is C22H29N5O5. The van der Waals surface area contributed by atoms with Gasteiger partial charge in [-0.05, 0) is 43.2 Å². The number of carboxylic acid groups (broad SMARTS) is 1. The SMILES string of the molecule is CCCN(C)C(=O)OCc1c(-c2ccc(OC3CC[C@H]4C(CC(=O)O)[C@@H]34)cn2)nnn1C. The molecule has 2 aromatic heterocycles. The van der Waals surface area contributed by atoms with Crippen molar-refractivity contribution in [2.24, 2.45) is 24.8 Å². The fourth-order valence-corrected chi connectivity index (χ4v) is 4.78. The average Bonchev–Trinajstić information content (AvgIpc) is 3.06. The van der Waals surface area contributed by atoms with Crippen molar-refractivity contribution >= 4 is 12.1 Å². The molecule has 2 saturated carbocycles. The van der Waals surface area contributed by atoms with Crippen molar-refractivity contribution in [2.75, 3.05) is 13.6 Å². The van der Waals surface area contributed by atoms with E-state index >= 15 is 0 Å². The largest absolute Gasteiger partial charge is 0.489 e. The van der Waals surface area contributed by atoms with Gasteiger partial charge in [-0.1, -0.05) is 12.1 Å². The highest BCUT2D eigenvalue weighted by Crippen LogP contribution is 2.59. The third kappa shape index (κ3) is 4.53. The molecular weight excluding hydrogens is 414 g/mol. The summed E-state index contributed by atoms with van der Waals surface area (Å²) in [7, 11) is 3.44. The Bertz CT molecular complexity index is 976. The summed E-state index contributed by atoms with van der Waals surface area (Å²) < 4.78 is 13.1. The summed E-state index contributed by atoms with van der Waals surface area (Å²) in [6, 6.07) is 3.64. The van der Waals surface area contributed by atoms with Gasteiger partial charge in [-0.3, -0.25) is 9.78 Å². The number of carbonyl (C=O) groups excluding carboxylic acids is 1. The van der Waals surface area contributed by atoms with Crippen LogP contribution in [0.5, 0.6) is 5.75 Å². The fourth-order valence-electron chi connectivity index (χ4n) is 4.78. The molecule has 2 fully saturated rings. The monoisotopic (exact) mass is 443 g/mol. The van der Waals surface area contributed by atoms with Crippen LogP contribution in [-0.4, -0.2) is 61.7 Å². The summed E-state index contributed by atoms with van der Waals surface area (Å²) in [6.45, 7) is 2.66. The predicted molar refractivity (Wildman–Crippen MR) is 114 cm³/mol. The molecule has 0 spiro atoms. The number of hydrogen-bond donors (Lipinski definition) is 1. The Balaban J connectivity index is 1.38. The Morgan fingerprint density at radius 2 is 2.12 bits per heavy atom. The normalized spacial score (nSPS) is 23.5. The van der Waals surface area contributed by atoms with Gasteiger partial charge < -0.3 is 19.5 Å². The van der Waals surface area contributed by atoms with E-state index in [4.69, 9.17) is 14.6 Å². The summed E-state index contributed by atoms with van der Waals surface area (Å²) in [5.41, 5.74) is 1.81. The summed E-state index contributed by atoms with van der Waals surface area (Å²) in [4.78, 5) is 29.1. The quantitative estimate of drug-likeness (QED) is 0.628. The number of aliphatic carboxylic acids is 1. The molecule has 2 aliphatic carbocycles. The van der Waals surface area contributed by atoms with Gasteiger partial charge in [0.2, 0.25) is 0 Å². The van der Waals surface area contributed by atoms with Gasteiger partial charge in [0, 0.05) is 33.0 Å². The third-order valence-electron chi connectivity index (χ3n) is 6.43. The maximum absolute atomic E-state index is 12.1. The van der Waals surface area contributed by atoms with E-state index in [1.54, 1.807) is 25.0 Å². The summed E-state index contributed by atoms with van der Waals surface area (Å²) in [5.74, 6) is 0.956. The van der Waals surface area contributed by atoms with Crippen LogP contribution in [0.25, 0.3) is 11.4 Å². The minimum absolute atomic E-state index is 0.0434. The van der Waals surface area contributed by atoms with Gasteiger partial charge in [-0.2, -0.15) is 0 Å². The average molecular weight is 444 g/mol. The summed E-state index contributed by atoms with van der Waals surface area (Å²) in [5, 5.41) is 17.3. The van der Waals surface area contributed by atoms with Crippen molar-refractivity contribution < 1.29 is 24.2 Å². The number of ether oxygens (including phenoxy) is 2. The first-order chi connectivity index (χ1) is 15.4. The lowest BCUT2D eigenvalue weighted by molar-refractivity contribution is -0.137. The second-order valence-electron chi connectivity index (χ2n) is 8.60. The van der Waals surface area contributed by atoms with Gasteiger partial charge >= 0.3 is 12.1 Å². The number of nitrogens with zero attached hydrogens (tertiary/aromatic N) is 5. The molecule has 0 bridgehead atoms. The molecule has 4 atom stereocenters. The van der Waals surface area contributed by atoms with E-state index in [0.717, 1.165) is 19.3 Å². The van der Waals surface area contributed by atoms with Crippen molar-refractivity contribution in [1.82, 2.24) is 24.9 Å². The highest BCUT2D eigenvalue weighted by atomic mass is 16.6. The molecule has 2 aromatic rings. The Morgan fingerprint density at radius 3 is 2.81 bits per heavy atom. The number of carbonyl (C=O) groups is 2. The van der Waals surface area contributed by atoms with E-state index in [1.807, 2.05) is 19.1 Å². The van der Waals surface area contributed by atoms with Crippen LogP contribution >= 0.6 is 0 Å². The smallest absolute Gasteiger partial charge is 0.409 e. The molecule has 2 aliphatic rings. The molecule has 0 aromatic carbocycles. The van der Waals surface area contributed by atoms with E-state index in [0.29, 0.717) is 41.2 Å². The van der Waals surface area contributed by atoms with Crippen LogP contribution in [0.1, 0.15) is 38.3 Å². The minimum atomic E-state index is -0.739. The summed E-state index contributed by atoms with van der Waals surface area (Å²) in [6.07, 6.45) is 4.34. The van der Waals surface area contributed by atoms with Gasteiger partial charge in [0.25, 0.3) is 0 Å². The van der Waals surface area contributed by atoms with Crippen LogP contribution < -0.4 is 4.74 Å². The van der Waals surface area contributed by atoms with E-state index < -0.39 is 12.1 Å². The maximum Gasteiger partial charge on any atom is 0.409 e. The lowest BCUT2D eigenvalue weighted by atomic mass is 10.1. The molecule has 0 aliphatic heterocycles. The number of amides is 1. The number of aromatic nitrogens is 4. The van der Waals surface area contributed by atoms with Gasteiger partial charge in [0.15, 0.2) is 0 Å². The Hall–Kier alpha value is -3.17. The molecule has 2 unspecified atom stereocenters. The molecule has 1 amide bonds. The zero-order chi connectivity index (χ0) is 22.8. The van der Waals surface area contributed by atoms with Gasteiger partial charge in [0.05, 0.1) is 11.9 Å². The highest BCUT2D eigenvalue weighted by molar-refractivity contribution is 5.68. The third-order valence-corrected chi connectivity index (χ3v) is 6.43. The van der Waals surface area contributed by atoms with E-state index in [2.05, 4.69) is 15.3 Å². The highest BCUT2D eigenvalue weighted by Gasteiger charge is 2.59. The van der Waals surface area contributed by atoms with E-state index in [9.17, 15) is 9.59 Å². The van der Waals surface area contributed by atoms with Crippen molar-refractivity contribution in [3.63, 3.8) is 0 Å². The van der Waals surface area contributed by atoms with Crippen LogP contribution in [-0.2, 0) is 23.2 Å². The van der Waals surface area contributed by atoms with Crippen LogP contribution in [0.15, 0.2) is 18.3 Å². The Labute approximate surface area is 186 Å². The van der Waals surface area contributed by atoms with Crippen molar-refractivity contribution in [2.45, 2.75) is 45.3 Å². The molecule has 1 N–H and O–H groups in total. The first-order valence-corrected chi connectivity index (χ1v) is 11.0. The van der Waals surface area contributed by atoms with Crippen LogP contribution in [0.2, 0.25) is 0 Å². The molecule has 10 nitrogen and oxygen atoms in total. The standard InChI is InChI=1S/C22H29N5O5/c1-4-9-26(2)22(30)31-12-17-21(24-25-27(17)3)16-7-5-13(11-23-16)32-18-8-6-14-15(20(14)18)10-19(28)29/h5,7,11,14-15,18,20H,4,6,8-10,12H2,1-3H3,(H,28,29)/t14-,15?,18?,20-/m0/s1. The van der Waals surface area contributed by atoms with Gasteiger partial charge in [-0.15, -0.1) is 5.10 Å². The minimum Gasteiger partial charge on any atom is -0.489 e. The topological polar surface area (TPSA) is 120 Å². The van der Waals surface area contributed by atoms with Crippen molar-refractivity contribution in [3.8, 4) is 17.1 Å². The van der Waals surface area contributed by atoms with E-state index in [-0.39, 0.29) is 25.0 Å². The maximum atomic E-state index is 12.1. The summed E-state index contributed by atoms with van der Waals surface area (Å²) >= 11 is 0. The number of pyridine rings is 1. The van der Waals surface area contributed by atoms with E-state index in [1.165, 1.54) is 4.90 Å². The molecule has 0 saturated heterocycles. The molecule has 4 rings (SSSR count). The number of rotatable bonds is 9. The first-order valence-electron chi connectivity index (χ1n) is 11.0. The predicted octanol–water partition coefficient (Wildman–Crippen LogP) is 2.73. The molecule has 32 heavy (non-hydrogen) atoms. The first kappa shape index (κ1) is 22.0.